The topological polar surface area (TPSA) is 64.6 Å². The molecule has 1 amide bonds. The molecule has 6 heteroatoms. The number of carbonyl (C=O) groups excluding carboxylic acids is 2. The predicted octanol–water partition coefficient (Wildman–Crippen LogP) is 4.61. The molecule has 154 valence electrons. The minimum Gasteiger partial charge on any atom is -0.495 e. The van der Waals surface area contributed by atoms with E-state index in [1.54, 1.807) is 36.4 Å². The van der Waals surface area contributed by atoms with Crippen LogP contribution in [0.3, 0.4) is 0 Å². The van der Waals surface area contributed by atoms with E-state index in [1.165, 1.54) is 31.4 Å². The van der Waals surface area contributed by atoms with Crippen molar-refractivity contribution < 1.29 is 23.5 Å². The maximum absolute atomic E-state index is 13.1. The van der Waals surface area contributed by atoms with Gasteiger partial charge >= 0.3 is 5.97 Å². The van der Waals surface area contributed by atoms with Gasteiger partial charge in [0.25, 0.3) is 5.91 Å². The highest BCUT2D eigenvalue weighted by atomic mass is 19.1. The Labute approximate surface area is 174 Å². The lowest BCUT2D eigenvalue weighted by molar-refractivity contribution is -0.154. The van der Waals surface area contributed by atoms with Crippen molar-refractivity contribution in [3.8, 4) is 5.75 Å². The molecule has 5 nitrogen and oxygen atoms in total. The molecule has 3 aromatic rings. The minimum absolute atomic E-state index is 0.0787. The fourth-order valence-corrected chi connectivity index (χ4v) is 2.96. The molecular formula is C24H22FNO4. The van der Waals surface area contributed by atoms with Crippen molar-refractivity contribution in [2.45, 2.75) is 19.4 Å². The van der Waals surface area contributed by atoms with Crippen LogP contribution >= 0.6 is 0 Å². The predicted molar refractivity (Wildman–Crippen MR) is 112 cm³/mol. The van der Waals surface area contributed by atoms with E-state index >= 15 is 0 Å². The molecule has 0 aromatic heterocycles. The van der Waals surface area contributed by atoms with Crippen LogP contribution in [0.15, 0.2) is 72.8 Å². The molecule has 1 N–H and O–H groups in total. The van der Waals surface area contributed by atoms with Gasteiger partial charge in [-0.1, -0.05) is 48.5 Å². The van der Waals surface area contributed by atoms with Gasteiger partial charge in [0, 0.05) is 5.56 Å². The normalized spacial score (nSPS) is 11.4. The van der Waals surface area contributed by atoms with Crippen LogP contribution in [0.5, 0.6) is 5.75 Å². The van der Waals surface area contributed by atoms with Crippen LogP contribution < -0.4 is 10.1 Å². The van der Waals surface area contributed by atoms with Gasteiger partial charge in [0.15, 0.2) is 0 Å². The Bertz CT molecular complexity index is 1020. The van der Waals surface area contributed by atoms with E-state index in [0.717, 1.165) is 5.56 Å². The summed E-state index contributed by atoms with van der Waals surface area (Å²) >= 11 is 0. The maximum Gasteiger partial charge on any atom is 0.311 e. The number of esters is 1. The van der Waals surface area contributed by atoms with Crippen LogP contribution in [0, 0.1) is 12.7 Å². The molecule has 0 spiro atoms. The zero-order valence-corrected chi connectivity index (χ0v) is 16.7. The molecule has 0 heterocycles. The molecular weight excluding hydrogens is 385 g/mol. The van der Waals surface area contributed by atoms with Crippen molar-refractivity contribution in [1.82, 2.24) is 0 Å². The average molecular weight is 407 g/mol. The quantitative estimate of drug-likeness (QED) is 0.581. The van der Waals surface area contributed by atoms with Crippen LogP contribution in [0.25, 0.3) is 0 Å². The van der Waals surface area contributed by atoms with Crippen molar-refractivity contribution in [2.75, 3.05) is 12.4 Å². The van der Waals surface area contributed by atoms with E-state index in [4.69, 9.17) is 9.47 Å². The minimum atomic E-state index is -1.15. The van der Waals surface area contributed by atoms with Gasteiger partial charge < -0.3 is 14.8 Å². The second-order valence-electron chi connectivity index (χ2n) is 6.78. The number of amides is 1. The summed E-state index contributed by atoms with van der Waals surface area (Å²) in [5.41, 5.74) is 2.55. The third kappa shape index (κ3) is 5.44. The van der Waals surface area contributed by atoms with Crippen molar-refractivity contribution in [1.29, 1.82) is 0 Å². The number of benzene rings is 3. The Hall–Kier alpha value is -3.67. The molecule has 30 heavy (non-hydrogen) atoms. The summed E-state index contributed by atoms with van der Waals surface area (Å²) in [6.45, 7) is 1.90. The first kappa shape index (κ1) is 21.0. The Morgan fingerprint density at radius 3 is 2.37 bits per heavy atom. The van der Waals surface area contributed by atoms with Crippen molar-refractivity contribution >= 4 is 17.6 Å². The average Bonchev–Trinajstić information content (AvgIpc) is 2.74. The fraction of sp³-hybridized carbons (Fsp3) is 0.167. The first-order chi connectivity index (χ1) is 14.5. The lowest BCUT2D eigenvalue weighted by Crippen LogP contribution is -2.26. The highest BCUT2D eigenvalue weighted by molar-refractivity contribution is 5.97. The van der Waals surface area contributed by atoms with Gasteiger partial charge in [0.2, 0.25) is 6.10 Å². The van der Waals surface area contributed by atoms with E-state index in [1.807, 2.05) is 19.1 Å². The molecule has 0 radical (unpaired) electrons. The van der Waals surface area contributed by atoms with Gasteiger partial charge in [0.1, 0.15) is 11.6 Å². The number of hydrogen-bond acceptors (Lipinski definition) is 4. The van der Waals surface area contributed by atoms with Crippen LogP contribution in [-0.2, 0) is 20.7 Å². The molecule has 0 aliphatic carbocycles. The monoisotopic (exact) mass is 407 g/mol. The summed E-state index contributed by atoms with van der Waals surface area (Å²) in [7, 11) is 1.51. The number of ether oxygens (including phenoxy) is 2. The highest BCUT2D eigenvalue weighted by Gasteiger charge is 2.26. The Kier molecular flexibility index (Phi) is 6.80. The number of aryl methyl sites for hydroxylation is 1. The zero-order valence-electron chi connectivity index (χ0n) is 16.7. The van der Waals surface area contributed by atoms with E-state index < -0.39 is 18.0 Å². The van der Waals surface area contributed by atoms with Gasteiger partial charge in [-0.05, 0) is 42.3 Å². The smallest absolute Gasteiger partial charge is 0.311 e. The summed E-state index contributed by atoms with van der Waals surface area (Å²) < 4.78 is 23.9. The standard InChI is InChI=1S/C24H22FNO4/c1-16-8-13-21(29-2)20(14-16)26-24(28)23(18-6-4-3-5-7-18)30-22(27)15-17-9-11-19(25)12-10-17/h3-14,23H,15H2,1-2H3,(H,26,28)/t23-/m1/s1. The lowest BCUT2D eigenvalue weighted by Gasteiger charge is -2.19. The van der Waals surface area contributed by atoms with Gasteiger partial charge in [-0.3, -0.25) is 9.59 Å². The lowest BCUT2D eigenvalue weighted by atomic mass is 10.1. The Morgan fingerprint density at radius 1 is 1.00 bits per heavy atom. The second-order valence-corrected chi connectivity index (χ2v) is 6.78. The number of nitrogens with one attached hydrogen (secondary N) is 1. The third-order valence-corrected chi connectivity index (χ3v) is 4.46. The summed E-state index contributed by atoms with van der Waals surface area (Å²) in [4.78, 5) is 25.5. The fourth-order valence-electron chi connectivity index (χ4n) is 2.96. The summed E-state index contributed by atoms with van der Waals surface area (Å²) in [6.07, 6.45) is -1.23. The molecule has 0 aliphatic rings. The number of methoxy groups -OCH3 is 1. The van der Waals surface area contributed by atoms with E-state index in [2.05, 4.69) is 5.32 Å². The van der Waals surface area contributed by atoms with Crippen molar-refractivity contribution in [3.63, 3.8) is 0 Å². The molecule has 3 aromatic carbocycles. The van der Waals surface area contributed by atoms with E-state index in [-0.39, 0.29) is 12.2 Å². The molecule has 0 saturated heterocycles. The third-order valence-electron chi connectivity index (χ3n) is 4.46. The van der Waals surface area contributed by atoms with Crippen LogP contribution in [-0.4, -0.2) is 19.0 Å². The number of anilines is 1. The number of hydrogen-bond donors (Lipinski definition) is 1. The van der Waals surface area contributed by atoms with Crippen LogP contribution in [0.2, 0.25) is 0 Å². The van der Waals surface area contributed by atoms with Gasteiger partial charge in [-0.25, -0.2) is 4.39 Å². The molecule has 0 saturated carbocycles. The first-order valence-corrected chi connectivity index (χ1v) is 9.40. The number of rotatable bonds is 7. The molecule has 0 fully saturated rings. The highest BCUT2D eigenvalue weighted by Crippen LogP contribution is 2.28. The number of halogens is 1. The second kappa shape index (κ2) is 9.69. The molecule has 0 unspecified atom stereocenters. The molecule has 1 atom stereocenters. The van der Waals surface area contributed by atoms with Gasteiger partial charge in [-0.2, -0.15) is 0 Å². The first-order valence-electron chi connectivity index (χ1n) is 9.40. The maximum atomic E-state index is 13.1. The summed E-state index contributed by atoms with van der Waals surface area (Å²) in [5, 5.41) is 2.79. The summed E-state index contributed by atoms with van der Waals surface area (Å²) in [6, 6.07) is 19.7. The van der Waals surface area contributed by atoms with E-state index in [9.17, 15) is 14.0 Å². The van der Waals surface area contributed by atoms with Crippen molar-refractivity contribution in [2.24, 2.45) is 0 Å². The Morgan fingerprint density at radius 2 is 1.70 bits per heavy atom. The van der Waals surface area contributed by atoms with Crippen LogP contribution in [0.1, 0.15) is 22.8 Å². The molecule has 0 bridgehead atoms. The zero-order chi connectivity index (χ0) is 21.5. The Balaban J connectivity index is 1.80. The largest absolute Gasteiger partial charge is 0.495 e. The molecule has 0 aliphatic heterocycles. The number of carbonyl (C=O) groups is 2. The summed E-state index contributed by atoms with van der Waals surface area (Å²) in [5.74, 6) is -0.987. The van der Waals surface area contributed by atoms with Crippen LogP contribution in [0.4, 0.5) is 10.1 Å². The van der Waals surface area contributed by atoms with E-state index in [0.29, 0.717) is 22.6 Å². The van der Waals surface area contributed by atoms with Gasteiger partial charge in [0.05, 0.1) is 19.2 Å². The van der Waals surface area contributed by atoms with Crippen molar-refractivity contribution in [3.05, 3.63) is 95.3 Å². The van der Waals surface area contributed by atoms with Gasteiger partial charge in [-0.15, -0.1) is 0 Å². The molecule has 3 rings (SSSR count). The SMILES string of the molecule is COc1ccc(C)cc1NC(=O)[C@H](OC(=O)Cc1ccc(F)cc1)c1ccccc1.